The predicted octanol–water partition coefficient (Wildman–Crippen LogP) is 0.697. The normalized spacial score (nSPS) is 13.2. The first-order valence-electron chi connectivity index (χ1n) is 5.82. The van der Waals surface area contributed by atoms with Crippen molar-refractivity contribution in [1.29, 1.82) is 0 Å². The molecule has 0 bridgehead atoms. The Balaban J connectivity index is 3.85. The van der Waals surface area contributed by atoms with Gasteiger partial charge in [-0.15, -0.1) is 0 Å². The Morgan fingerprint density at radius 2 is 1.75 bits per heavy atom. The molecule has 0 aromatic heterocycles. The van der Waals surface area contributed by atoms with E-state index in [0.717, 1.165) is 13.0 Å². The van der Waals surface area contributed by atoms with E-state index in [1.54, 1.807) is 0 Å². The maximum absolute atomic E-state index is 11.5. The van der Waals surface area contributed by atoms with Gasteiger partial charge in [0.2, 0.25) is 0 Å². The third-order valence-corrected chi connectivity index (χ3v) is 2.76. The Hall–Kier alpha value is -0.740. The Kier molecular flexibility index (Phi) is 7.17. The van der Waals surface area contributed by atoms with Crippen LogP contribution in [0.2, 0.25) is 0 Å². The van der Waals surface area contributed by atoms with E-state index in [4.69, 9.17) is 5.73 Å². The quantitative estimate of drug-likeness (QED) is 0.664. The van der Waals surface area contributed by atoms with E-state index in [1.165, 1.54) is 0 Å². The SMILES string of the molecule is CC(C)C(=O)CN(C)CCC(C)C(=O)CN. The summed E-state index contributed by atoms with van der Waals surface area (Å²) in [5.74, 6) is 0.385. The van der Waals surface area contributed by atoms with Gasteiger partial charge in [0.1, 0.15) is 11.6 Å². The van der Waals surface area contributed by atoms with Crippen LogP contribution < -0.4 is 5.73 Å². The Bertz CT molecular complexity index is 239. The first-order valence-corrected chi connectivity index (χ1v) is 5.82. The molecule has 4 heteroatoms. The fourth-order valence-electron chi connectivity index (χ4n) is 1.30. The lowest BCUT2D eigenvalue weighted by Gasteiger charge is -2.18. The molecule has 2 N–H and O–H groups in total. The first kappa shape index (κ1) is 15.3. The number of Topliss-reactive ketones (excluding diaryl/α,β-unsaturated/α-hetero) is 2. The van der Waals surface area contributed by atoms with Crippen LogP contribution >= 0.6 is 0 Å². The Morgan fingerprint density at radius 3 is 2.19 bits per heavy atom. The molecule has 0 amide bonds. The van der Waals surface area contributed by atoms with Crippen molar-refractivity contribution in [1.82, 2.24) is 4.90 Å². The molecule has 1 atom stereocenters. The zero-order valence-electron chi connectivity index (χ0n) is 10.8. The molecule has 1 unspecified atom stereocenters. The molecule has 0 saturated heterocycles. The smallest absolute Gasteiger partial charge is 0.149 e. The van der Waals surface area contributed by atoms with E-state index in [1.807, 2.05) is 32.7 Å². The van der Waals surface area contributed by atoms with Crippen molar-refractivity contribution in [3.63, 3.8) is 0 Å². The average molecular weight is 228 g/mol. The fourth-order valence-corrected chi connectivity index (χ4v) is 1.30. The number of rotatable bonds is 8. The Morgan fingerprint density at radius 1 is 1.19 bits per heavy atom. The lowest BCUT2D eigenvalue weighted by molar-refractivity contribution is -0.122. The molecule has 0 aromatic rings. The summed E-state index contributed by atoms with van der Waals surface area (Å²) in [4.78, 5) is 24.7. The molecule has 0 heterocycles. The van der Waals surface area contributed by atoms with Crippen molar-refractivity contribution in [3.05, 3.63) is 0 Å². The van der Waals surface area contributed by atoms with Gasteiger partial charge < -0.3 is 5.73 Å². The van der Waals surface area contributed by atoms with Gasteiger partial charge in [0.15, 0.2) is 0 Å². The summed E-state index contributed by atoms with van der Waals surface area (Å²) in [5.41, 5.74) is 5.28. The maximum atomic E-state index is 11.5. The molecule has 0 spiro atoms. The summed E-state index contributed by atoms with van der Waals surface area (Å²) in [6.07, 6.45) is 0.762. The van der Waals surface area contributed by atoms with Gasteiger partial charge in [0.25, 0.3) is 0 Å². The summed E-state index contributed by atoms with van der Waals surface area (Å²) in [6.45, 7) is 7.00. The monoisotopic (exact) mass is 228 g/mol. The van der Waals surface area contributed by atoms with Crippen LogP contribution in [-0.4, -0.2) is 43.1 Å². The zero-order chi connectivity index (χ0) is 12.7. The number of nitrogens with zero attached hydrogens (tertiary/aromatic N) is 1. The lowest BCUT2D eigenvalue weighted by Crippen LogP contribution is -2.31. The first-order chi connectivity index (χ1) is 7.38. The van der Waals surface area contributed by atoms with Gasteiger partial charge in [0.05, 0.1) is 13.1 Å². The molecule has 0 saturated carbocycles. The summed E-state index contributed by atoms with van der Waals surface area (Å²) in [5, 5.41) is 0. The molecule has 0 aliphatic rings. The van der Waals surface area contributed by atoms with E-state index in [0.29, 0.717) is 6.54 Å². The van der Waals surface area contributed by atoms with Crippen molar-refractivity contribution in [2.75, 3.05) is 26.7 Å². The van der Waals surface area contributed by atoms with Crippen LogP contribution in [0.15, 0.2) is 0 Å². The van der Waals surface area contributed by atoms with E-state index < -0.39 is 0 Å². The van der Waals surface area contributed by atoms with E-state index >= 15 is 0 Å². The van der Waals surface area contributed by atoms with Gasteiger partial charge in [0, 0.05) is 11.8 Å². The van der Waals surface area contributed by atoms with Gasteiger partial charge >= 0.3 is 0 Å². The number of hydrogen-bond donors (Lipinski definition) is 1. The Labute approximate surface area is 98.2 Å². The molecule has 16 heavy (non-hydrogen) atoms. The van der Waals surface area contributed by atoms with E-state index in [2.05, 4.69) is 0 Å². The molecule has 0 aliphatic carbocycles. The molecule has 0 fully saturated rings. The van der Waals surface area contributed by atoms with Crippen molar-refractivity contribution in [3.8, 4) is 0 Å². The minimum atomic E-state index is -0.0124. The maximum Gasteiger partial charge on any atom is 0.149 e. The number of ketones is 2. The summed E-state index contributed by atoms with van der Waals surface area (Å²) in [7, 11) is 1.90. The largest absolute Gasteiger partial charge is 0.324 e. The van der Waals surface area contributed by atoms with Crippen molar-refractivity contribution in [2.45, 2.75) is 27.2 Å². The van der Waals surface area contributed by atoms with E-state index in [9.17, 15) is 9.59 Å². The van der Waals surface area contributed by atoms with Crippen LogP contribution in [0.4, 0.5) is 0 Å². The van der Waals surface area contributed by atoms with Gasteiger partial charge in [-0.2, -0.15) is 0 Å². The van der Waals surface area contributed by atoms with Crippen LogP contribution in [-0.2, 0) is 9.59 Å². The van der Waals surface area contributed by atoms with Crippen molar-refractivity contribution < 1.29 is 9.59 Å². The van der Waals surface area contributed by atoms with Crippen molar-refractivity contribution >= 4 is 11.6 Å². The lowest BCUT2D eigenvalue weighted by atomic mass is 10.0. The highest BCUT2D eigenvalue weighted by molar-refractivity contribution is 5.82. The molecule has 94 valence electrons. The average Bonchev–Trinajstić information content (AvgIpc) is 2.24. The second kappa shape index (κ2) is 7.52. The minimum Gasteiger partial charge on any atom is -0.324 e. The molecule has 4 nitrogen and oxygen atoms in total. The highest BCUT2D eigenvalue weighted by atomic mass is 16.1. The highest BCUT2D eigenvalue weighted by Gasteiger charge is 2.14. The highest BCUT2D eigenvalue weighted by Crippen LogP contribution is 2.04. The van der Waals surface area contributed by atoms with Crippen LogP contribution in [0.3, 0.4) is 0 Å². The zero-order valence-corrected chi connectivity index (χ0v) is 10.8. The second-order valence-electron chi connectivity index (χ2n) is 4.72. The molecule has 0 rings (SSSR count). The number of hydrogen-bond acceptors (Lipinski definition) is 4. The molecule has 0 aromatic carbocycles. The van der Waals surface area contributed by atoms with Gasteiger partial charge in [-0.05, 0) is 20.0 Å². The van der Waals surface area contributed by atoms with Gasteiger partial charge in [-0.25, -0.2) is 0 Å². The van der Waals surface area contributed by atoms with Crippen molar-refractivity contribution in [2.24, 2.45) is 17.6 Å². The number of carbonyl (C=O) groups is 2. The molecule has 0 radical (unpaired) electrons. The second-order valence-corrected chi connectivity index (χ2v) is 4.72. The third kappa shape index (κ3) is 5.98. The summed E-state index contributed by atoms with van der Waals surface area (Å²) in [6, 6.07) is 0. The van der Waals surface area contributed by atoms with Crippen LogP contribution in [0.5, 0.6) is 0 Å². The standard InChI is InChI=1S/C12H24N2O2/c1-9(2)12(16)8-14(4)6-5-10(3)11(15)7-13/h9-10H,5-8,13H2,1-4H3. The number of carbonyl (C=O) groups excluding carboxylic acids is 2. The van der Waals surface area contributed by atoms with Gasteiger partial charge in [-0.3, -0.25) is 14.5 Å². The summed E-state index contributed by atoms with van der Waals surface area (Å²) < 4.78 is 0. The van der Waals surface area contributed by atoms with Crippen LogP contribution in [0.25, 0.3) is 0 Å². The van der Waals surface area contributed by atoms with Crippen LogP contribution in [0, 0.1) is 11.8 Å². The topological polar surface area (TPSA) is 63.4 Å². The molecule has 0 aliphatic heterocycles. The minimum absolute atomic E-state index is 0.0124. The van der Waals surface area contributed by atoms with Crippen LogP contribution in [0.1, 0.15) is 27.2 Å². The van der Waals surface area contributed by atoms with Gasteiger partial charge in [-0.1, -0.05) is 20.8 Å². The molecular formula is C12H24N2O2. The third-order valence-electron chi connectivity index (χ3n) is 2.76. The predicted molar refractivity (Wildman–Crippen MR) is 65.2 cm³/mol. The fraction of sp³-hybridized carbons (Fsp3) is 0.833. The summed E-state index contributed by atoms with van der Waals surface area (Å²) >= 11 is 0. The number of likely N-dealkylation sites (N-methyl/N-ethyl adjacent to an activating group) is 1. The van der Waals surface area contributed by atoms with E-state index in [-0.39, 0.29) is 29.9 Å². The molecular weight excluding hydrogens is 204 g/mol. The number of nitrogens with two attached hydrogens (primary N) is 1.